The van der Waals surface area contributed by atoms with E-state index in [4.69, 9.17) is 0 Å². The van der Waals surface area contributed by atoms with Crippen molar-refractivity contribution in [2.45, 2.75) is 50.9 Å². The molecule has 1 aromatic carbocycles. The third-order valence-corrected chi connectivity index (χ3v) is 4.66. The lowest BCUT2D eigenvalue weighted by molar-refractivity contribution is -0.123. The van der Waals surface area contributed by atoms with Crippen LogP contribution in [0.5, 0.6) is 0 Å². The van der Waals surface area contributed by atoms with Crippen LogP contribution < -0.4 is 10.6 Å². The molecule has 0 aromatic heterocycles. The molecule has 2 aliphatic rings. The summed E-state index contributed by atoms with van der Waals surface area (Å²) in [4.78, 5) is 14.6. The number of carbonyl (C=O) groups is 1. The standard InChI is InChI=1S/C17H25N3O.2ClH/c1-13-10-15(19-17(21)16-8-5-9-18-16)12-20(13)11-14-6-3-2-4-7-14;;/h2-4,6-7,13,15-16,18H,5,8-12H2,1H3,(H,19,21);2*1H. The van der Waals surface area contributed by atoms with E-state index in [1.807, 2.05) is 0 Å². The van der Waals surface area contributed by atoms with Gasteiger partial charge in [0.2, 0.25) is 5.91 Å². The molecule has 2 N–H and O–H groups in total. The van der Waals surface area contributed by atoms with Crippen molar-refractivity contribution in [3.05, 3.63) is 35.9 Å². The molecule has 3 unspecified atom stereocenters. The van der Waals surface area contributed by atoms with Crippen LogP contribution in [-0.4, -0.2) is 42.0 Å². The highest BCUT2D eigenvalue weighted by atomic mass is 35.5. The third-order valence-electron chi connectivity index (χ3n) is 4.66. The summed E-state index contributed by atoms with van der Waals surface area (Å²) in [6.45, 7) is 5.15. The zero-order chi connectivity index (χ0) is 14.7. The highest BCUT2D eigenvalue weighted by Crippen LogP contribution is 2.20. The number of benzene rings is 1. The monoisotopic (exact) mass is 359 g/mol. The molecular weight excluding hydrogens is 333 g/mol. The Bertz CT molecular complexity index is 480. The van der Waals surface area contributed by atoms with E-state index in [0.717, 1.165) is 38.9 Å². The number of likely N-dealkylation sites (tertiary alicyclic amines) is 1. The van der Waals surface area contributed by atoms with Crippen LogP contribution in [0.25, 0.3) is 0 Å². The van der Waals surface area contributed by atoms with Crippen LogP contribution in [0.2, 0.25) is 0 Å². The zero-order valence-corrected chi connectivity index (χ0v) is 15.2. The molecule has 0 spiro atoms. The molecule has 1 aromatic rings. The molecule has 130 valence electrons. The minimum Gasteiger partial charge on any atom is -0.351 e. The van der Waals surface area contributed by atoms with Crippen molar-refractivity contribution in [2.75, 3.05) is 13.1 Å². The van der Waals surface area contributed by atoms with Gasteiger partial charge in [0.1, 0.15) is 0 Å². The maximum absolute atomic E-state index is 12.2. The van der Waals surface area contributed by atoms with Gasteiger partial charge in [0.25, 0.3) is 0 Å². The summed E-state index contributed by atoms with van der Waals surface area (Å²) in [7, 11) is 0. The second-order valence-corrected chi connectivity index (χ2v) is 6.35. The van der Waals surface area contributed by atoms with E-state index < -0.39 is 0 Å². The Morgan fingerprint density at radius 3 is 2.70 bits per heavy atom. The van der Waals surface area contributed by atoms with E-state index in [2.05, 4.69) is 52.8 Å². The summed E-state index contributed by atoms with van der Waals surface area (Å²) < 4.78 is 0. The number of rotatable bonds is 4. The van der Waals surface area contributed by atoms with Gasteiger partial charge in [-0.15, -0.1) is 24.8 Å². The summed E-state index contributed by atoms with van der Waals surface area (Å²) in [5.41, 5.74) is 1.34. The quantitative estimate of drug-likeness (QED) is 0.867. The maximum atomic E-state index is 12.2. The molecule has 2 saturated heterocycles. The average molecular weight is 360 g/mol. The van der Waals surface area contributed by atoms with Crippen LogP contribution in [0.1, 0.15) is 31.7 Å². The van der Waals surface area contributed by atoms with Crippen molar-refractivity contribution in [2.24, 2.45) is 0 Å². The lowest BCUT2D eigenvalue weighted by atomic mass is 10.1. The van der Waals surface area contributed by atoms with Crippen molar-refractivity contribution < 1.29 is 4.79 Å². The van der Waals surface area contributed by atoms with Crippen LogP contribution in [-0.2, 0) is 11.3 Å². The summed E-state index contributed by atoms with van der Waals surface area (Å²) in [5, 5.41) is 6.49. The second-order valence-electron chi connectivity index (χ2n) is 6.35. The van der Waals surface area contributed by atoms with Gasteiger partial charge in [0.15, 0.2) is 0 Å². The Morgan fingerprint density at radius 2 is 2.04 bits per heavy atom. The van der Waals surface area contributed by atoms with Gasteiger partial charge in [-0.05, 0) is 38.3 Å². The molecule has 2 fully saturated rings. The Balaban J connectivity index is 0.00000132. The molecule has 1 amide bonds. The van der Waals surface area contributed by atoms with Crippen molar-refractivity contribution in [1.82, 2.24) is 15.5 Å². The lowest BCUT2D eigenvalue weighted by Gasteiger charge is -2.21. The first-order valence-electron chi connectivity index (χ1n) is 8.04. The van der Waals surface area contributed by atoms with Gasteiger partial charge in [-0.2, -0.15) is 0 Å². The first-order chi connectivity index (χ1) is 10.2. The Morgan fingerprint density at radius 1 is 1.30 bits per heavy atom. The van der Waals surface area contributed by atoms with E-state index in [1.54, 1.807) is 0 Å². The first-order valence-corrected chi connectivity index (χ1v) is 8.04. The second kappa shape index (κ2) is 9.48. The molecule has 4 nitrogen and oxygen atoms in total. The minimum atomic E-state index is 0. The topological polar surface area (TPSA) is 44.4 Å². The summed E-state index contributed by atoms with van der Waals surface area (Å²) in [5.74, 6) is 0.186. The van der Waals surface area contributed by atoms with Crippen LogP contribution >= 0.6 is 24.8 Å². The van der Waals surface area contributed by atoms with Crippen LogP contribution in [0.4, 0.5) is 0 Å². The Hall–Kier alpha value is -0.810. The largest absolute Gasteiger partial charge is 0.351 e. The normalized spacial score (nSPS) is 27.1. The van der Waals surface area contributed by atoms with Gasteiger partial charge in [0.05, 0.1) is 6.04 Å². The lowest BCUT2D eigenvalue weighted by Crippen LogP contribution is -2.46. The van der Waals surface area contributed by atoms with Crippen molar-refractivity contribution in [3.63, 3.8) is 0 Å². The van der Waals surface area contributed by atoms with Gasteiger partial charge in [-0.25, -0.2) is 0 Å². The molecule has 0 radical (unpaired) electrons. The molecule has 6 heteroatoms. The predicted molar refractivity (Wildman–Crippen MR) is 98.4 cm³/mol. The van der Waals surface area contributed by atoms with Crippen molar-refractivity contribution in [1.29, 1.82) is 0 Å². The van der Waals surface area contributed by atoms with E-state index >= 15 is 0 Å². The minimum absolute atomic E-state index is 0. The number of halogens is 2. The fourth-order valence-electron chi connectivity index (χ4n) is 3.45. The number of carbonyl (C=O) groups excluding carboxylic acids is 1. The van der Waals surface area contributed by atoms with E-state index in [-0.39, 0.29) is 36.8 Å². The highest BCUT2D eigenvalue weighted by Gasteiger charge is 2.32. The zero-order valence-electron chi connectivity index (χ0n) is 13.5. The highest BCUT2D eigenvalue weighted by molar-refractivity contribution is 5.85. The average Bonchev–Trinajstić information content (AvgIpc) is 3.11. The van der Waals surface area contributed by atoms with Crippen LogP contribution in [0.15, 0.2) is 30.3 Å². The molecule has 3 rings (SSSR count). The van der Waals surface area contributed by atoms with Gasteiger partial charge >= 0.3 is 0 Å². The fraction of sp³-hybridized carbons (Fsp3) is 0.588. The van der Waals surface area contributed by atoms with Gasteiger partial charge in [0, 0.05) is 25.2 Å². The number of nitrogens with zero attached hydrogens (tertiary/aromatic N) is 1. The molecular formula is C17H27Cl2N3O. The van der Waals surface area contributed by atoms with Gasteiger partial charge in [-0.3, -0.25) is 9.69 Å². The van der Waals surface area contributed by atoms with E-state index in [9.17, 15) is 4.79 Å². The third kappa shape index (κ3) is 5.35. The molecule has 2 heterocycles. The van der Waals surface area contributed by atoms with Gasteiger partial charge in [-0.1, -0.05) is 30.3 Å². The summed E-state index contributed by atoms with van der Waals surface area (Å²) in [6, 6.07) is 11.4. The van der Waals surface area contributed by atoms with Crippen LogP contribution in [0, 0.1) is 0 Å². The number of hydrogen-bond donors (Lipinski definition) is 2. The molecule has 23 heavy (non-hydrogen) atoms. The van der Waals surface area contributed by atoms with E-state index in [0.29, 0.717) is 12.1 Å². The van der Waals surface area contributed by atoms with E-state index in [1.165, 1.54) is 5.56 Å². The Labute approximate surface area is 151 Å². The maximum Gasteiger partial charge on any atom is 0.237 e. The fourth-order valence-corrected chi connectivity index (χ4v) is 3.45. The number of nitrogens with one attached hydrogen (secondary N) is 2. The van der Waals surface area contributed by atoms with Crippen molar-refractivity contribution in [3.8, 4) is 0 Å². The number of hydrogen-bond acceptors (Lipinski definition) is 3. The SMILES string of the molecule is CC1CC(NC(=O)C2CCCN2)CN1Cc1ccccc1.Cl.Cl. The molecule has 0 bridgehead atoms. The van der Waals surface area contributed by atoms with Crippen LogP contribution in [0.3, 0.4) is 0 Å². The first kappa shape index (κ1) is 20.2. The molecule has 3 atom stereocenters. The van der Waals surface area contributed by atoms with Crippen molar-refractivity contribution >= 4 is 30.7 Å². The molecule has 2 aliphatic heterocycles. The summed E-state index contributed by atoms with van der Waals surface area (Å²) in [6.07, 6.45) is 3.13. The molecule has 0 aliphatic carbocycles. The molecule has 0 saturated carbocycles. The summed E-state index contributed by atoms with van der Waals surface area (Å²) >= 11 is 0. The number of amides is 1. The Kier molecular flexibility index (Phi) is 8.34. The van der Waals surface area contributed by atoms with Gasteiger partial charge < -0.3 is 10.6 Å². The predicted octanol–water partition coefficient (Wildman–Crippen LogP) is 2.36. The smallest absolute Gasteiger partial charge is 0.237 e.